The third kappa shape index (κ3) is 3.50. The number of hydrogen-bond acceptors (Lipinski definition) is 2. The molecule has 0 aliphatic heterocycles. The van der Waals surface area contributed by atoms with Crippen molar-refractivity contribution >= 4 is 0 Å². The van der Waals surface area contributed by atoms with Gasteiger partial charge in [0, 0.05) is 12.1 Å². The van der Waals surface area contributed by atoms with Gasteiger partial charge < -0.3 is 11.5 Å². The molecule has 2 aromatic rings. The van der Waals surface area contributed by atoms with Crippen LogP contribution in [0.15, 0.2) is 60.7 Å². The number of rotatable bonds is 3. The van der Waals surface area contributed by atoms with Gasteiger partial charge >= 0.3 is 21.1 Å². The molecule has 90 valence electrons. The second-order valence-electron chi connectivity index (χ2n) is 3.87. The Bertz CT molecular complexity index is 387. The van der Waals surface area contributed by atoms with Gasteiger partial charge in [0.15, 0.2) is 0 Å². The molecule has 17 heavy (non-hydrogen) atoms. The first-order valence-corrected chi connectivity index (χ1v) is 5.40. The molecule has 2 aromatic carbocycles. The fraction of sp³-hybridized carbons (Fsp3) is 0.143. The second-order valence-corrected chi connectivity index (χ2v) is 3.87. The molecule has 0 saturated carbocycles. The minimum atomic E-state index is -0.163. The van der Waals surface area contributed by atoms with Crippen LogP contribution in [0.4, 0.5) is 0 Å². The second kappa shape index (κ2) is 6.70. The first-order valence-electron chi connectivity index (χ1n) is 5.40. The number of hydrogen-bond donors (Lipinski definition) is 2. The Morgan fingerprint density at radius 2 is 0.882 bits per heavy atom. The molecule has 2 rings (SSSR count). The molecule has 0 fully saturated rings. The Morgan fingerprint density at radius 3 is 1.18 bits per heavy atom. The fourth-order valence-electron chi connectivity index (χ4n) is 1.77. The van der Waals surface area contributed by atoms with Crippen LogP contribution in [0.1, 0.15) is 23.2 Å². The van der Waals surface area contributed by atoms with Gasteiger partial charge in [0.2, 0.25) is 0 Å². The molecular weight excluding hydrogens is 391 g/mol. The number of nitrogens with two attached hydrogens (primary N) is 2. The van der Waals surface area contributed by atoms with Crippen LogP contribution in [0.3, 0.4) is 0 Å². The summed E-state index contributed by atoms with van der Waals surface area (Å²) in [5, 5.41) is 0. The predicted octanol–water partition coefficient (Wildman–Crippen LogP) is 2.38. The Hall–Kier alpha value is -0.952. The van der Waals surface area contributed by atoms with Gasteiger partial charge in [-0.25, -0.2) is 0 Å². The Labute approximate surface area is 116 Å². The van der Waals surface area contributed by atoms with Crippen LogP contribution in [0.25, 0.3) is 0 Å². The van der Waals surface area contributed by atoms with Gasteiger partial charge in [0.1, 0.15) is 0 Å². The maximum Gasteiger partial charge on any atom is 2.00 e. The van der Waals surface area contributed by atoms with Crippen molar-refractivity contribution in [3.63, 3.8) is 0 Å². The van der Waals surface area contributed by atoms with E-state index in [0.717, 1.165) is 11.1 Å². The van der Waals surface area contributed by atoms with Crippen LogP contribution in [0.5, 0.6) is 0 Å². The topological polar surface area (TPSA) is 52.0 Å². The first-order chi connectivity index (χ1) is 7.79. The molecule has 0 aliphatic rings. The quantitative estimate of drug-likeness (QED) is 0.821. The fourth-order valence-corrected chi connectivity index (χ4v) is 1.77. The van der Waals surface area contributed by atoms with Crippen LogP contribution in [-0.4, -0.2) is 0 Å². The van der Waals surface area contributed by atoms with E-state index in [9.17, 15) is 0 Å². The van der Waals surface area contributed by atoms with E-state index < -0.39 is 0 Å². The largest absolute Gasteiger partial charge is 2.00 e. The summed E-state index contributed by atoms with van der Waals surface area (Å²) in [4.78, 5) is 0. The molecule has 2 unspecified atom stereocenters. The number of benzene rings is 2. The van der Waals surface area contributed by atoms with Crippen LogP contribution in [-0.2, 0) is 21.1 Å². The van der Waals surface area contributed by atoms with Gasteiger partial charge in [-0.2, -0.15) is 0 Å². The van der Waals surface area contributed by atoms with E-state index in [1.165, 1.54) is 0 Å². The van der Waals surface area contributed by atoms with E-state index in [4.69, 9.17) is 11.5 Å². The maximum absolute atomic E-state index is 6.15. The van der Waals surface area contributed by atoms with Crippen molar-refractivity contribution in [2.24, 2.45) is 11.5 Å². The Kier molecular flexibility index (Phi) is 5.56. The first kappa shape index (κ1) is 14.1. The zero-order valence-electron chi connectivity index (χ0n) is 9.40. The van der Waals surface area contributed by atoms with Gasteiger partial charge in [0.25, 0.3) is 0 Å². The van der Waals surface area contributed by atoms with Crippen LogP contribution in [0.2, 0.25) is 0 Å². The van der Waals surface area contributed by atoms with Gasteiger partial charge in [0.05, 0.1) is 0 Å². The average Bonchev–Trinajstić information content (AvgIpc) is 2.39. The van der Waals surface area contributed by atoms with E-state index in [0.29, 0.717) is 0 Å². The third-order valence-corrected chi connectivity index (χ3v) is 2.76. The van der Waals surface area contributed by atoms with Crippen LogP contribution < -0.4 is 11.5 Å². The maximum atomic E-state index is 6.15. The molecule has 0 saturated heterocycles. The molecule has 2 nitrogen and oxygen atoms in total. The molecule has 4 N–H and O–H groups in total. The molecule has 0 radical (unpaired) electrons. The smallest absolute Gasteiger partial charge is 0.322 e. The Morgan fingerprint density at radius 1 is 0.588 bits per heavy atom. The van der Waals surface area contributed by atoms with Crippen LogP contribution >= 0.6 is 0 Å². The molecule has 0 bridgehead atoms. The molecule has 3 heteroatoms. The third-order valence-electron chi connectivity index (χ3n) is 2.76. The summed E-state index contributed by atoms with van der Waals surface area (Å²) in [6.07, 6.45) is 0. The summed E-state index contributed by atoms with van der Waals surface area (Å²) in [6.45, 7) is 0. The van der Waals surface area contributed by atoms with E-state index in [-0.39, 0.29) is 33.1 Å². The van der Waals surface area contributed by atoms with Gasteiger partial charge in [-0.15, -0.1) is 0 Å². The molecule has 0 spiro atoms. The van der Waals surface area contributed by atoms with E-state index in [1.54, 1.807) is 0 Å². The van der Waals surface area contributed by atoms with Gasteiger partial charge in [-0.05, 0) is 11.1 Å². The van der Waals surface area contributed by atoms with Gasteiger partial charge in [-0.1, -0.05) is 60.7 Å². The van der Waals surface area contributed by atoms with Crippen molar-refractivity contribution < 1.29 is 21.1 Å². The van der Waals surface area contributed by atoms with Crippen molar-refractivity contribution in [3.05, 3.63) is 71.8 Å². The molecule has 2 atom stereocenters. The zero-order valence-corrected chi connectivity index (χ0v) is 11.7. The van der Waals surface area contributed by atoms with E-state index in [1.807, 2.05) is 60.7 Å². The van der Waals surface area contributed by atoms with Gasteiger partial charge in [-0.3, -0.25) is 0 Å². The van der Waals surface area contributed by atoms with Crippen LogP contribution in [0, 0.1) is 0 Å². The summed E-state index contributed by atoms with van der Waals surface area (Å²) in [6, 6.07) is 19.6. The van der Waals surface area contributed by atoms with Crippen molar-refractivity contribution in [3.8, 4) is 0 Å². The monoisotopic (exact) mass is 407 g/mol. The minimum absolute atomic E-state index is 0. The summed E-state index contributed by atoms with van der Waals surface area (Å²) < 4.78 is 0. The molecule has 0 aromatic heterocycles. The molecule has 0 aliphatic carbocycles. The minimum Gasteiger partial charge on any atom is -0.322 e. The zero-order chi connectivity index (χ0) is 11.4. The van der Waals surface area contributed by atoms with E-state index in [2.05, 4.69) is 0 Å². The summed E-state index contributed by atoms with van der Waals surface area (Å²) in [5.74, 6) is 0. The predicted molar refractivity (Wildman–Crippen MR) is 66.7 cm³/mol. The van der Waals surface area contributed by atoms with Crippen molar-refractivity contribution in [1.82, 2.24) is 0 Å². The average molecular weight is 407 g/mol. The van der Waals surface area contributed by atoms with Crippen molar-refractivity contribution in [1.29, 1.82) is 0 Å². The summed E-state index contributed by atoms with van der Waals surface area (Å²) in [5.41, 5.74) is 14.4. The molecule has 0 heterocycles. The van der Waals surface area contributed by atoms with Crippen molar-refractivity contribution in [2.45, 2.75) is 12.1 Å². The Balaban J connectivity index is 0.00000144. The van der Waals surface area contributed by atoms with Crippen molar-refractivity contribution in [2.75, 3.05) is 0 Å². The van der Waals surface area contributed by atoms with E-state index >= 15 is 0 Å². The molecule has 0 amide bonds. The SMILES string of the molecule is NC(c1ccccc1)C(N)c1ccccc1.[Pt+2]. The molecular formula is C14H16N2Pt+2. The standard InChI is InChI=1S/C14H16N2.Pt/c15-13(11-7-3-1-4-8-11)14(16)12-9-5-2-6-10-12;/h1-10,13-14H,15-16H2;/q;+2. The summed E-state index contributed by atoms with van der Waals surface area (Å²) >= 11 is 0. The summed E-state index contributed by atoms with van der Waals surface area (Å²) in [7, 11) is 0. The normalized spacial score (nSPS) is 13.5.